The van der Waals surface area contributed by atoms with Gasteiger partial charge in [0, 0.05) is 23.2 Å². The molecular weight excluding hydrogens is 322 g/mol. The zero-order valence-corrected chi connectivity index (χ0v) is 14.6. The third-order valence-corrected chi connectivity index (χ3v) is 4.11. The van der Waals surface area contributed by atoms with Crippen LogP contribution in [-0.2, 0) is 13.1 Å². The molecule has 0 aliphatic carbocycles. The normalized spacial score (nSPS) is 11.4. The molecule has 0 aliphatic rings. The summed E-state index contributed by atoms with van der Waals surface area (Å²) in [5.41, 5.74) is 2.14. The second kappa shape index (κ2) is 7.60. The minimum atomic E-state index is 0.371. The topological polar surface area (TPSA) is 42.2 Å². The fraction of sp³-hybridized carbons (Fsp3) is 0.263. The molecule has 0 radical (unpaired) electrons. The summed E-state index contributed by atoms with van der Waals surface area (Å²) >= 11 is 5.91. The van der Waals surface area contributed by atoms with Gasteiger partial charge >= 0.3 is 0 Å². The van der Waals surface area contributed by atoms with Crippen molar-refractivity contribution in [3.63, 3.8) is 0 Å². The van der Waals surface area contributed by atoms with Crippen LogP contribution in [-0.4, -0.2) is 21.1 Å². The first kappa shape index (κ1) is 16.7. The van der Waals surface area contributed by atoms with Gasteiger partial charge in [-0.05, 0) is 43.7 Å². The zero-order valence-electron chi connectivity index (χ0n) is 13.8. The predicted octanol–water partition coefficient (Wildman–Crippen LogP) is 4.80. The Morgan fingerprint density at radius 2 is 1.67 bits per heavy atom. The highest BCUT2D eigenvalue weighted by Crippen LogP contribution is 2.21. The molecule has 124 valence electrons. The number of halogens is 1. The molecule has 5 heteroatoms. The lowest BCUT2D eigenvalue weighted by molar-refractivity contribution is 0.184. The van der Waals surface area contributed by atoms with Gasteiger partial charge in [-0.2, -0.15) is 0 Å². The molecule has 0 aliphatic heterocycles. The molecule has 0 bridgehead atoms. The van der Waals surface area contributed by atoms with Crippen LogP contribution in [0.2, 0.25) is 5.02 Å². The molecule has 0 unspecified atom stereocenters. The number of benzene rings is 2. The van der Waals surface area contributed by atoms with Crippen molar-refractivity contribution in [2.75, 3.05) is 0 Å². The minimum Gasteiger partial charge on any atom is -0.419 e. The van der Waals surface area contributed by atoms with E-state index in [1.807, 2.05) is 30.3 Å². The number of hydrogen-bond acceptors (Lipinski definition) is 4. The van der Waals surface area contributed by atoms with Gasteiger partial charge in [-0.3, -0.25) is 4.90 Å². The fourth-order valence-electron chi connectivity index (χ4n) is 2.44. The van der Waals surface area contributed by atoms with Crippen molar-refractivity contribution < 1.29 is 4.42 Å². The van der Waals surface area contributed by atoms with Crippen LogP contribution in [0.4, 0.5) is 0 Å². The first-order valence-electron chi connectivity index (χ1n) is 7.98. The van der Waals surface area contributed by atoms with Gasteiger partial charge < -0.3 is 4.42 Å². The summed E-state index contributed by atoms with van der Waals surface area (Å²) in [6.45, 7) is 5.79. The van der Waals surface area contributed by atoms with Crippen molar-refractivity contribution in [3.05, 3.63) is 71.1 Å². The highest BCUT2D eigenvalue weighted by molar-refractivity contribution is 6.30. The lowest BCUT2D eigenvalue weighted by atomic mass is 10.2. The SMILES string of the molecule is CC(C)N(Cc1ccccc1)Cc1nnc(-c2ccc(Cl)cc2)o1. The summed E-state index contributed by atoms with van der Waals surface area (Å²) in [5, 5.41) is 9.02. The third kappa shape index (κ3) is 4.22. The van der Waals surface area contributed by atoms with Crippen LogP contribution >= 0.6 is 11.6 Å². The second-order valence-corrected chi connectivity index (χ2v) is 6.43. The van der Waals surface area contributed by atoms with Crippen LogP contribution in [0.5, 0.6) is 0 Å². The Balaban J connectivity index is 1.72. The smallest absolute Gasteiger partial charge is 0.247 e. The van der Waals surface area contributed by atoms with Crippen LogP contribution < -0.4 is 0 Å². The van der Waals surface area contributed by atoms with Crippen molar-refractivity contribution in [3.8, 4) is 11.5 Å². The molecule has 0 fully saturated rings. The van der Waals surface area contributed by atoms with Gasteiger partial charge in [0.15, 0.2) is 0 Å². The molecule has 4 nitrogen and oxygen atoms in total. The molecule has 0 spiro atoms. The number of nitrogens with zero attached hydrogens (tertiary/aromatic N) is 3. The lowest BCUT2D eigenvalue weighted by Crippen LogP contribution is -2.29. The van der Waals surface area contributed by atoms with Crippen LogP contribution in [0, 0.1) is 0 Å². The molecule has 0 N–H and O–H groups in total. The molecular formula is C19H20ClN3O. The molecule has 1 aromatic heterocycles. The van der Waals surface area contributed by atoms with Crippen molar-refractivity contribution in [1.29, 1.82) is 0 Å². The molecule has 3 aromatic rings. The summed E-state index contributed by atoms with van der Waals surface area (Å²) in [6.07, 6.45) is 0. The average molecular weight is 342 g/mol. The second-order valence-electron chi connectivity index (χ2n) is 5.99. The van der Waals surface area contributed by atoms with Crippen LogP contribution in [0.1, 0.15) is 25.3 Å². The summed E-state index contributed by atoms with van der Waals surface area (Å²) < 4.78 is 5.82. The van der Waals surface area contributed by atoms with E-state index in [-0.39, 0.29) is 0 Å². The summed E-state index contributed by atoms with van der Waals surface area (Å²) in [7, 11) is 0. The van der Waals surface area contributed by atoms with Gasteiger partial charge in [-0.15, -0.1) is 10.2 Å². The van der Waals surface area contributed by atoms with E-state index in [4.69, 9.17) is 16.0 Å². The van der Waals surface area contributed by atoms with E-state index in [0.29, 0.717) is 29.4 Å². The number of rotatable bonds is 6. The van der Waals surface area contributed by atoms with Crippen LogP contribution in [0.3, 0.4) is 0 Å². The molecule has 1 heterocycles. The molecule has 3 rings (SSSR count). The first-order valence-corrected chi connectivity index (χ1v) is 8.36. The summed E-state index contributed by atoms with van der Waals surface area (Å²) in [5.74, 6) is 1.13. The first-order chi connectivity index (χ1) is 11.6. The van der Waals surface area contributed by atoms with Crippen molar-refractivity contribution in [2.45, 2.75) is 33.0 Å². The number of aromatic nitrogens is 2. The van der Waals surface area contributed by atoms with Crippen molar-refractivity contribution >= 4 is 11.6 Å². The monoisotopic (exact) mass is 341 g/mol. The van der Waals surface area contributed by atoms with Gasteiger partial charge in [-0.1, -0.05) is 41.9 Å². The van der Waals surface area contributed by atoms with E-state index in [1.165, 1.54) is 5.56 Å². The Kier molecular flexibility index (Phi) is 5.28. The highest BCUT2D eigenvalue weighted by Gasteiger charge is 2.16. The van der Waals surface area contributed by atoms with E-state index in [2.05, 4.69) is 53.2 Å². The molecule has 0 saturated carbocycles. The molecule has 0 atom stereocenters. The quantitative estimate of drug-likeness (QED) is 0.645. The number of hydrogen-bond donors (Lipinski definition) is 0. The minimum absolute atomic E-state index is 0.371. The van der Waals surface area contributed by atoms with E-state index >= 15 is 0 Å². The summed E-state index contributed by atoms with van der Waals surface area (Å²) in [4.78, 5) is 2.30. The fourth-order valence-corrected chi connectivity index (χ4v) is 2.57. The third-order valence-electron chi connectivity index (χ3n) is 3.86. The molecule has 24 heavy (non-hydrogen) atoms. The van der Waals surface area contributed by atoms with Gasteiger partial charge in [0.05, 0.1) is 6.54 Å². The van der Waals surface area contributed by atoms with Gasteiger partial charge in [-0.25, -0.2) is 0 Å². The standard InChI is InChI=1S/C19H20ClN3O/c1-14(2)23(12-15-6-4-3-5-7-15)13-18-21-22-19(24-18)16-8-10-17(20)11-9-16/h3-11,14H,12-13H2,1-2H3. The Morgan fingerprint density at radius 1 is 0.958 bits per heavy atom. The lowest BCUT2D eigenvalue weighted by Gasteiger charge is -2.24. The molecule has 0 amide bonds. The van der Waals surface area contributed by atoms with E-state index in [0.717, 1.165) is 12.1 Å². The Bertz CT molecular complexity index is 769. The molecule has 0 saturated heterocycles. The van der Waals surface area contributed by atoms with Crippen molar-refractivity contribution in [2.24, 2.45) is 0 Å². The van der Waals surface area contributed by atoms with Gasteiger partial charge in [0.2, 0.25) is 11.8 Å². The summed E-state index contributed by atoms with van der Waals surface area (Å²) in [6, 6.07) is 18.2. The van der Waals surface area contributed by atoms with Crippen LogP contribution in [0.15, 0.2) is 59.0 Å². The van der Waals surface area contributed by atoms with Gasteiger partial charge in [0.1, 0.15) is 0 Å². The van der Waals surface area contributed by atoms with Crippen molar-refractivity contribution in [1.82, 2.24) is 15.1 Å². The van der Waals surface area contributed by atoms with E-state index in [9.17, 15) is 0 Å². The largest absolute Gasteiger partial charge is 0.419 e. The Morgan fingerprint density at radius 3 is 2.33 bits per heavy atom. The van der Waals surface area contributed by atoms with E-state index in [1.54, 1.807) is 0 Å². The zero-order chi connectivity index (χ0) is 16.9. The Labute approximate surface area is 147 Å². The van der Waals surface area contributed by atoms with E-state index < -0.39 is 0 Å². The molecule has 2 aromatic carbocycles. The maximum absolute atomic E-state index is 5.91. The maximum Gasteiger partial charge on any atom is 0.247 e. The van der Waals surface area contributed by atoms with Gasteiger partial charge in [0.25, 0.3) is 0 Å². The maximum atomic E-state index is 5.91. The highest BCUT2D eigenvalue weighted by atomic mass is 35.5. The average Bonchev–Trinajstić information content (AvgIpc) is 3.04. The Hall–Kier alpha value is -2.17. The van der Waals surface area contributed by atoms with Crippen LogP contribution in [0.25, 0.3) is 11.5 Å². The predicted molar refractivity (Wildman–Crippen MR) is 95.6 cm³/mol.